The average Bonchev–Trinajstić information content (AvgIpc) is 2.89. The van der Waals surface area contributed by atoms with Gasteiger partial charge in [0.15, 0.2) is 11.5 Å². The third-order valence-electron chi connectivity index (χ3n) is 5.28. The van der Waals surface area contributed by atoms with Crippen molar-refractivity contribution in [2.24, 2.45) is 5.10 Å². The third-order valence-corrected chi connectivity index (χ3v) is 5.28. The number of nitrogens with one attached hydrogen (secondary N) is 2. The molecule has 36 heavy (non-hydrogen) atoms. The van der Waals surface area contributed by atoms with E-state index in [-0.39, 0.29) is 5.75 Å². The molecule has 0 aromatic heterocycles. The highest BCUT2D eigenvalue weighted by Gasteiger charge is 2.16. The standard InChI is InChI=1S/C27H27N3O6/c1-16-6-7-17(2)22(14-16)28-25(31)26(32)30-29-18(3)20-10-13-23(24(15-20)35-5)36-27(33)19-8-11-21(34-4)12-9-19/h6-15H,1-5H3,(H,28,31)(H,30,32)/b29-18+. The monoisotopic (exact) mass is 489 g/mol. The van der Waals surface area contributed by atoms with Crippen molar-refractivity contribution >= 4 is 29.2 Å². The molecule has 2 N–H and O–H groups in total. The van der Waals surface area contributed by atoms with Gasteiger partial charge < -0.3 is 19.5 Å². The number of carbonyl (C=O) groups is 3. The molecule has 0 radical (unpaired) electrons. The SMILES string of the molecule is COc1ccc(C(=O)Oc2ccc(/C(C)=N/NC(=O)C(=O)Nc3cc(C)ccc3C)cc2OC)cc1. The van der Waals surface area contributed by atoms with E-state index in [1.165, 1.54) is 14.2 Å². The van der Waals surface area contributed by atoms with Crippen LogP contribution in [0.25, 0.3) is 0 Å². The van der Waals surface area contributed by atoms with Gasteiger partial charge in [0.05, 0.1) is 25.5 Å². The molecule has 3 aromatic carbocycles. The lowest BCUT2D eigenvalue weighted by Crippen LogP contribution is -2.33. The van der Waals surface area contributed by atoms with E-state index >= 15 is 0 Å². The van der Waals surface area contributed by atoms with E-state index in [9.17, 15) is 14.4 Å². The predicted octanol–water partition coefficient (Wildman–Crippen LogP) is 4.02. The molecule has 0 saturated carbocycles. The van der Waals surface area contributed by atoms with Crippen molar-refractivity contribution in [2.45, 2.75) is 20.8 Å². The minimum atomic E-state index is -0.910. The van der Waals surface area contributed by atoms with Crippen LogP contribution in [0.1, 0.15) is 34.0 Å². The summed E-state index contributed by atoms with van der Waals surface area (Å²) in [5.41, 5.74) is 5.95. The van der Waals surface area contributed by atoms with Crippen molar-refractivity contribution in [1.82, 2.24) is 5.43 Å². The van der Waals surface area contributed by atoms with Crippen molar-refractivity contribution < 1.29 is 28.6 Å². The van der Waals surface area contributed by atoms with Crippen LogP contribution in [0.5, 0.6) is 17.2 Å². The number of hydrogen-bond acceptors (Lipinski definition) is 7. The van der Waals surface area contributed by atoms with Crippen LogP contribution in [0.15, 0.2) is 65.8 Å². The summed E-state index contributed by atoms with van der Waals surface area (Å²) in [7, 11) is 2.98. The zero-order valence-corrected chi connectivity index (χ0v) is 20.7. The summed E-state index contributed by atoms with van der Waals surface area (Å²) < 4.78 is 15.9. The number of hydrogen-bond donors (Lipinski definition) is 2. The van der Waals surface area contributed by atoms with Gasteiger partial charge >= 0.3 is 17.8 Å². The summed E-state index contributed by atoms with van der Waals surface area (Å²) in [6, 6.07) is 16.9. The highest BCUT2D eigenvalue weighted by atomic mass is 16.6. The number of anilines is 1. The number of esters is 1. The minimum Gasteiger partial charge on any atom is -0.497 e. The number of nitrogens with zero attached hydrogens (tertiary/aromatic N) is 1. The summed E-state index contributed by atoms with van der Waals surface area (Å²) >= 11 is 0. The first-order valence-corrected chi connectivity index (χ1v) is 11.0. The molecular weight excluding hydrogens is 462 g/mol. The Balaban J connectivity index is 1.67. The quantitative estimate of drug-likeness (QED) is 0.170. The van der Waals surface area contributed by atoms with Crippen LogP contribution >= 0.6 is 0 Å². The van der Waals surface area contributed by atoms with Gasteiger partial charge in [-0.05, 0) is 80.4 Å². The molecule has 9 nitrogen and oxygen atoms in total. The first-order chi connectivity index (χ1) is 17.2. The zero-order chi connectivity index (χ0) is 26.2. The Kier molecular flexibility index (Phi) is 8.40. The lowest BCUT2D eigenvalue weighted by atomic mass is 10.1. The number of benzene rings is 3. The van der Waals surface area contributed by atoms with E-state index in [2.05, 4.69) is 15.8 Å². The average molecular weight is 490 g/mol. The Bertz CT molecular complexity index is 1320. The van der Waals surface area contributed by atoms with Crippen molar-refractivity contribution in [2.75, 3.05) is 19.5 Å². The molecule has 0 aliphatic heterocycles. The smallest absolute Gasteiger partial charge is 0.343 e. The van der Waals surface area contributed by atoms with Crippen LogP contribution < -0.4 is 25.0 Å². The van der Waals surface area contributed by atoms with Crippen LogP contribution in [-0.4, -0.2) is 37.7 Å². The first-order valence-electron chi connectivity index (χ1n) is 11.0. The number of carbonyl (C=O) groups excluding carboxylic acids is 3. The highest BCUT2D eigenvalue weighted by molar-refractivity contribution is 6.39. The van der Waals surface area contributed by atoms with E-state index in [0.29, 0.717) is 34.0 Å². The van der Waals surface area contributed by atoms with Crippen molar-refractivity contribution in [3.8, 4) is 17.2 Å². The van der Waals surface area contributed by atoms with E-state index in [4.69, 9.17) is 14.2 Å². The van der Waals surface area contributed by atoms with Crippen LogP contribution in [0.3, 0.4) is 0 Å². The number of aryl methyl sites for hydroxylation is 2. The molecule has 0 atom stereocenters. The van der Waals surface area contributed by atoms with Gasteiger partial charge in [-0.15, -0.1) is 0 Å². The summed E-state index contributed by atoms with van der Waals surface area (Å²) in [5, 5.41) is 6.59. The lowest BCUT2D eigenvalue weighted by molar-refractivity contribution is -0.136. The van der Waals surface area contributed by atoms with E-state index in [0.717, 1.165) is 11.1 Å². The lowest BCUT2D eigenvalue weighted by Gasteiger charge is -2.11. The van der Waals surface area contributed by atoms with E-state index in [1.54, 1.807) is 55.5 Å². The van der Waals surface area contributed by atoms with Gasteiger partial charge in [0.25, 0.3) is 0 Å². The normalized spacial score (nSPS) is 10.9. The van der Waals surface area contributed by atoms with E-state index < -0.39 is 17.8 Å². The van der Waals surface area contributed by atoms with Gasteiger partial charge in [-0.3, -0.25) is 9.59 Å². The Morgan fingerprint density at radius 3 is 2.14 bits per heavy atom. The Morgan fingerprint density at radius 2 is 1.47 bits per heavy atom. The largest absolute Gasteiger partial charge is 0.497 e. The molecule has 0 saturated heterocycles. The van der Waals surface area contributed by atoms with Crippen molar-refractivity contribution in [3.05, 3.63) is 82.9 Å². The number of rotatable bonds is 7. The van der Waals surface area contributed by atoms with Gasteiger partial charge in [0, 0.05) is 11.3 Å². The molecule has 2 amide bonds. The van der Waals surface area contributed by atoms with Crippen LogP contribution in [0.2, 0.25) is 0 Å². The van der Waals surface area contributed by atoms with Gasteiger partial charge in [-0.1, -0.05) is 12.1 Å². The Labute approximate surface area is 209 Å². The molecular formula is C27H27N3O6. The fourth-order valence-corrected chi connectivity index (χ4v) is 3.16. The van der Waals surface area contributed by atoms with Crippen molar-refractivity contribution in [3.63, 3.8) is 0 Å². The van der Waals surface area contributed by atoms with Gasteiger partial charge in [0.1, 0.15) is 5.75 Å². The second-order valence-corrected chi connectivity index (χ2v) is 7.89. The summed E-state index contributed by atoms with van der Waals surface area (Å²) in [6.45, 7) is 5.38. The molecule has 0 aliphatic carbocycles. The second-order valence-electron chi connectivity index (χ2n) is 7.89. The molecule has 3 aromatic rings. The molecule has 0 fully saturated rings. The molecule has 0 aliphatic rings. The topological polar surface area (TPSA) is 115 Å². The predicted molar refractivity (Wildman–Crippen MR) is 136 cm³/mol. The van der Waals surface area contributed by atoms with E-state index in [1.807, 2.05) is 26.0 Å². The fourth-order valence-electron chi connectivity index (χ4n) is 3.16. The fraction of sp³-hybridized carbons (Fsp3) is 0.185. The van der Waals surface area contributed by atoms with Crippen molar-refractivity contribution in [1.29, 1.82) is 0 Å². The second kappa shape index (κ2) is 11.7. The molecule has 0 spiro atoms. The maximum Gasteiger partial charge on any atom is 0.343 e. The first kappa shape index (κ1) is 26.0. The summed E-state index contributed by atoms with van der Waals surface area (Å²) in [4.78, 5) is 37.0. The van der Waals surface area contributed by atoms with Crippen LogP contribution in [0.4, 0.5) is 5.69 Å². The molecule has 0 unspecified atom stereocenters. The minimum absolute atomic E-state index is 0.215. The maximum absolute atomic E-state index is 12.5. The zero-order valence-electron chi connectivity index (χ0n) is 20.7. The molecule has 0 heterocycles. The molecule has 9 heteroatoms. The van der Waals surface area contributed by atoms with Gasteiger partial charge in [0.2, 0.25) is 0 Å². The molecule has 0 bridgehead atoms. The summed E-state index contributed by atoms with van der Waals surface area (Å²) in [5.74, 6) is -1.17. The number of amides is 2. The Hall–Kier alpha value is -4.66. The van der Waals surface area contributed by atoms with Crippen LogP contribution in [-0.2, 0) is 9.59 Å². The number of ether oxygens (including phenoxy) is 3. The maximum atomic E-state index is 12.5. The summed E-state index contributed by atoms with van der Waals surface area (Å²) in [6.07, 6.45) is 0. The highest BCUT2D eigenvalue weighted by Crippen LogP contribution is 2.29. The number of methoxy groups -OCH3 is 2. The van der Waals surface area contributed by atoms with Gasteiger partial charge in [-0.2, -0.15) is 5.10 Å². The Morgan fingerprint density at radius 1 is 0.778 bits per heavy atom. The molecule has 186 valence electrons. The molecule has 3 rings (SSSR count). The number of hydrazone groups is 1. The van der Waals surface area contributed by atoms with Gasteiger partial charge in [-0.25, -0.2) is 10.2 Å². The third kappa shape index (κ3) is 6.47. The van der Waals surface area contributed by atoms with Crippen LogP contribution in [0, 0.1) is 13.8 Å².